The van der Waals surface area contributed by atoms with Crippen LogP contribution in [0.15, 0.2) is 36.9 Å². The zero-order chi connectivity index (χ0) is 12.2. The van der Waals surface area contributed by atoms with Crippen molar-refractivity contribution in [2.75, 3.05) is 7.11 Å². The van der Waals surface area contributed by atoms with E-state index in [1.807, 2.05) is 0 Å². The van der Waals surface area contributed by atoms with Crippen molar-refractivity contribution in [3.05, 3.63) is 42.5 Å². The second kappa shape index (κ2) is 5.11. The molecule has 5 nitrogen and oxygen atoms in total. The monoisotopic (exact) mass is 244 g/mol. The van der Waals surface area contributed by atoms with Crippen molar-refractivity contribution in [3.8, 4) is 5.75 Å². The molecule has 0 amide bonds. The Morgan fingerprint density at radius 1 is 1.38 bits per heavy atom. The van der Waals surface area contributed by atoms with Crippen LogP contribution >= 0.6 is 0 Å². The Morgan fingerprint density at radius 3 is 2.31 bits per heavy atom. The second-order valence-corrected chi connectivity index (χ2v) is 4.00. The van der Waals surface area contributed by atoms with Crippen LogP contribution in [-0.2, 0) is 14.6 Å². The fraction of sp³-hybridized carbons (Fsp3) is 0.200. The minimum atomic E-state index is -4.50. The van der Waals surface area contributed by atoms with Gasteiger partial charge in [-0.05, 0) is 17.7 Å². The number of benzene rings is 1. The summed E-state index contributed by atoms with van der Waals surface area (Å²) in [4.78, 5) is 0. The maximum Gasteiger partial charge on any atom is 0.398 e. The number of methoxy groups -OCH3 is 1. The lowest BCUT2D eigenvalue weighted by atomic mass is 10.1. The summed E-state index contributed by atoms with van der Waals surface area (Å²) in [6.45, 7) is 3.43. The number of rotatable bonds is 5. The molecule has 0 unspecified atom stereocenters. The molecule has 88 valence electrons. The van der Waals surface area contributed by atoms with Gasteiger partial charge in [0.25, 0.3) is 0 Å². The smallest absolute Gasteiger partial charge is 0.398 e. The molecule has 0 fully saturated rings. The number of ether oxygens (including phenoxy) is 1. The Balaban J connectivity index is 2.91. The van der Waals surface area contributed by atoms with Gasteiger partial charge < -0.3 is 4.74 Å². The summed E-state index contributed by atoms with van der Waals surface area (Å²) in [6, 6.07) is 6.55. The van der Waals surface area contributed by atoms with Crippen LogP contribution in [0.3, 0.4) is 0 Å². The SMILES string of the molecule is C=C[C@H](OS(=O)(=O)O)c1ccc(OC)cc1. The van der Waals surface area contributed by atoms with Crippen molar-refractivity contribution in [2.45, 2.75) is 6.10 Å². The Bertz CT molecular complexity index is 449. The quantitative estimate of drug-likeness (QED) is 0.631. The van der Waals surface area contributed by atoms with E-state index in [0.29, 0.717) is 11.3 Å². The van der Waals surface area contributed by atoms with Crippen LogP contribution in [0, 0.1) is 0 Å². The first kappa shape index (κ1) is 12.7. The van der Waals surface area contributed by atoms with E-state index in [9.17, 15) is 8.42 Å². The summed E-state index contributed by atoms with van der Waals surface area (Å²) in [5, 5.41) is 0. The average molecular weight is 244 g/mol. The molecule has 0 aliphatic rings. The normalized spacial score (nSPS) is 13.1. The van der Waals surface area contributed by atoms with Gasteiger partial charge in [-0.1, -0.05) is 18.2 Å². The van der Waals surface area contributed by atoms with Crippen molar-refractivity contribution in [3.63, 3.8) is 0 Å². The Labute approximate surface area is 94.3 Å². The summed E-state index contributed by atoms with van der Waals surface area (Å²) < 4.78 is 39.0. The molecule has 0 spiro atoms. The van der Waals surface area contributed by atoms with Crippen molar-refractivity contribution < 1.29 is 21.9 Å². The van der Waals surface area contributed by atoms with Gasteiger partial charge in [-0.3, -0.25) is 4.55 Å². The van der Waals surface area contributed by atoms with Crippen LogP contribution in [0.25, 0.3) is 0 Å². The maximum absolute atomic E-state index is 10.6. The summed E-state index contributed by atoms with van der Waals surface area (Å²) in [5.74, 6) is 0.637. The highest BCUT2D eigenvalue weighted by atomic mass is 32.3. The first-order valence-electron chi connectivity index (χ1n) is 4.38. The van der Waals surface area contributed by atoms with Crippen LogP contribution in [0.2, 0.25) is 0 Å². The van der Waals surface area contributed by atoms with Gasteiger partial charge in [0.15, 0.2) is 0 Å². The molecule has 0 radical (unpaired) electrons. The van der Waals surface area contributed by atoms with Gasteiger partial charge in [0.1, 0.15) is 11.9 Å². The van der Waals surface area contributed by atoms with Crippen LogP contribution in [0.1, 0.15) is 11.7 Å². The lowest BCUT2D eigenvalue weighted by molar-refractivity contribution is 0.223. The van der Waals surface area contributed by atoms with Gasteiger partial charge in [-0.2, -0.15) is 8.42 Å². The molecule has 0 saturated heterocycles. The lowest BCUT2D eigenvalue weighted by Gasteiger charge is -2.11. The predicted octanol–water partition coefficient (Wildman–Crippen LogP) is 1.74. The summed E-state index contributed by atoms with van der Waals surface area (Å²) in [5.41, 5.74) is 0.549. The van der Waals surface area contributed by atoms with E-state index in [-0.39, 0.29) is 0 Å². The Hall–Kier alpha value is -1.37. The predicted molar refractivity (Wildman–Crippen MR) is 58.6 cm³/mol. The molecule has 0 aromatic heterocycles. The number of hydrogen-bond donors (Lipinski definition) is 1. The van der Waals surface area contributed by atoms with Gasteiger partial charge >= 0.3 is 10.4 Å². The third-order valence-electron chi connectivity index (χ3n) is 1.88. The van der Waals surface area contributed by atoms with Crippen molar-refractivity contribution in [1.29, 1.82) is 0 Å². The molecule has 6 heteroatoms. The van der Waals surface area contributed by atoms with E-state index < -0.39 is 16.5 Å². The third-order valence-corrected chi connectivity index (χ3v) is 2.33. The first-order valence-corrected chi connectivity index (χ1v) is 5.75. The van der Waals surface area contributed by atoms with E-state index in [4.69, 9.17) is 9.29 Å². The first-order chi connectivity index (χ1) is 7.46. The average Bonchev–Trinajstić information content (AvgIpc) is 2.25. The van der Waals surface area contributed by atoms with Crippen molar-refractivity contribution in [2.24, 2.45) is 0 Å². The maximum atomic E-state index is 10.6. The molecule has 1 aromatic rings. The number of hydrogen-bond acceptors (Lipinski definition) is 4. The standard InChI is InChI=1S/C10H12O5S/c1-3-10(15-16(11,12)13)8-4-6-9(14-2)7-5-8/h3-7,10H,1H2,2H3,(H,11,12,13)/t10-/m0/s1. The summed E-state index contributed by atoms with van der Waals surface area (Å²) in [6.07, 6.45) is 0.358. The molecule has 1 aromatic carbocycles. The highest BCUT2D eigenvalue weighted by molar-refractivity contribution is 7.80. The molecule has 0 bridgehead atoms. The third kappa shape index (κ3) is 3.65. The van der Waals surface area contributed by atoms with Crippen molar-refractivity contribution in [1.82, 2.24) is 0 Å². The van der Waals surface area contributed by atoms with Gasteiger partial charge in [0, 0.05) is 0 Å². The summed E-state index contributed by atoms with van der Waals surface area (Å²) >= 11 is 0. The van der Waals surface area contributed by atoms with E-state index in [0.717, 1.165) is 0 Å². The van der Waals surface area contributed by atoms with Gasteiger partial charge in [0.2, 0.25) is 0 Å². The van der Waals surface area contributed by atoms with E-state index >= 15 is 0 Å². The van der Waals surface area contributed by atoms with Gasteiger partial charge in [-0.15, -0.1) is 6.58 Å². The largest absolute Gasteiger partial charge is 0.497 e. The Morgan fingerprint density at radius 2 is 1.94 bits per heavy atom. The molecule has 16 heavy (non-hydrogen) atoms. The highest BCUT2D eigenvalue weighted by Crippen LogP contribution is 2.22. The Kier molecular flexibility index (Phi) is 4.05. The topological polar surface area (TPSA) is 72.8 Å². The highest BCUT2D eigenvalue weighted by Gasteiger charge is 2.15. The summed E-state index contributed by atoms with van der Waals surface area (Å²) in [7, 11) is -2.98. The molecule has 1 N–H and O–H groups in total. The zero-order valence-corrected chi connectivity index (χ0v) is 9.48. The van der Waals surface area contributed by atoms with Crippen LogP contribution in [0.4, 0.5) is 0 Å². The second-order valence-electron chi connectivity index (χ2n) is 2.95. The zero-order valence-electron chi connectivity index (χ0n) is 8.66. The van der Waals surface area contributed by atoms with Gasteiger partial charge in [0.05, 0.1) is 7.11 Å². The molecule has 0 saturated carbocycles. The molecule has 1 rings (SSSR count). The minimum Gasteiger partial charge on any atom is -0.497 e. The molecular formula is C10H12O5S. The molecule has 0 heterocycles. The molecule has 1 atom stereocenters. The molecule has 0 aliphatic carbocycles. The fourth-order valence-electron chi connectivity index (χ4n) is 1.16. The van der Waals surface area contributed by atoms with Crippen LogP contribution in [-0.4, -0.2) is 20.1 Å². The van der Waals surface area contributed by atoms with E-state index in [2.05, 4.69) is 10.8 Å². The van der Waals surface area contributed by atoms with Crippen LogP contribution in [0.5, 0.6) is 5.75 Å². The van der Waals surface area contributed by atoms with Gasteiger partial charge in [-0.25, -0.2) is 4.18 Å². The fourth-order valence-corrected chi connectivity index (χ4v) is 1.61. The van der Waals surface area contributed by atoms with E-state index in [1.165, 1.54) is 13.2 Å². The molecular weight excluding hydrogens is 232 g/mol. The van der Waals surface area contributed by atoms with E-state index in [1.54, 1.807) is 24.3 Å². The van der Waals surface area contributed by atoms with Crippen molar-refractivity contribution >= 4 is 10.4 Å². The molecule has 0 aliphatic heterocycles. The van der Waals surface area contributed by atoms with Crippen LogP contribution < -0.4 is 4.74 Å². The minimum absolute atomic E-state index is 0.549. The lowest BCUT2D eigenvalue weighted by Crippen LogP contribution is -2.08.